The molecule has 0 aromatic heterocycles. The Morgan fingerprint density at radius 2 is 1.88 bits per heavy atom. The van der Waals surface area contributed by atoms with E-state index in [0.29, 0.717) is 5.92 Å². The van der Waals surface area contributed by atoms with E-state index in [1.807, 2.05) is 7.05 Å². The van der Waals surface area contributed by atoms with Crippen LogP contribution in [0.1, 0.15) is 38.5 Å². The summed E-state index contributed by atoms with van der Waals surface area (Å²) < 4.78 is 11.2. The van der Waals surface area contributed by atoms with E-state index in [1.54, 1.807) is 0 Å². The van der Waals surface area contributed by atoms with Gasteiger partial charge in [-0.1, -0.05) is 6.42 Å². The van der Waals surface area contributed by atoms with Crippen LogP contribution < -0.4 is 10.6 Å². The van der Waals surface area contributed by atoms with Crippen LogP contribution in [0.5, 0.6) is 0 Å². The first-order valence-corrected chi connectivity index (χ1v) is 9.71. The fourth-order valence-electron chi connectivity index (χ4n) is 3.28. The van der Waals surface area contributed by atoms with Gasteiger partial charge in [0.15, 0.2) is 5.96 Å². The number of hydrogen-bond acceptors (Lipinski definition) is 4. The summed E-state index contributed by atoms with van der Waals surface area (Å²) in [7, 11) is 1.83. The van der Waals surface area contributed by atoms with Gasteiger partial charge in [-0.25, -0.2) is 0 Å². The summed E-state index contributed by atoms with van der Waals surface area (Å²) in [6.45, 7) is 8.95. The van der Waals surface area contributed by atoms with Gasteiger partial charge in [0.2, 0.25) is 0 Å². The minimum atomic E-state index is 0.691. The summed E-state index contributed by atoms with van der Waals surface area (Å²) in [5.41, 5.74) is 0. The van der Waals surface area contributed by atoms with E-state index in [9.17, 15) is 0 Å². The summed E-state index contributed by atoms with van der Waals surface area (Å²) in [6.07, 6.45) is 7.39. The maximum Gasteiger partial charge on any atom is 0.191 e. The largest absolute Gasteiger partial charge is 0.381 e. The van der Waals surface area contributed by atoms with Crippen molar-refractivity contribution in [1.29, 1.82) is 0 Å². The Morgan fingerprint density at radius 3 is 2.62 bits per heavy atom. The van der Waals surface area contributed by atoms with E-state index in [-0.39, 0.29) is 0 Å². The number of rotatable bonds is 9. The summed E-state index contributed by atoms with van der Waals surface area (Å²) in [4.78, 5) is 6.82. The lowest BCUT2D eigenvalue weighted by Crippen LogP contribution is -2.43. The van der Waals surface area contributed by atoms with E-state index < -0.39 is 0 Å². The summed E-state index contributed by atoms with van der Waals surface area (Å²) in [5, 5.41) is 6.77. The predicted molar refractivity (Wildman–Crippen MR) is 98.6 cm³/mol. The van der Waals surface area contributed by atoms with Crippen LogP contribution >= 0.6 is 0 Å². The van der Waals surface area contributed by atoms with E-state index >= 15 is 0 Å². The van der Waals surface area contributed by atoms with Crippen molar-refractivity contribution < 1.29 is 9.47 Å². The first-order chi connectivity index (χ1) is 11.9. The molecule has 2 saturated heterocycles. The van der Waals surface area contributed by atoms with Crippen molar-refractivity contribution in [2.75, 3.05) is 66.2 Å². The van der Waals surface area contributed by atoms with Crippen molar-refractivity contribution >= 4 is 5.96 Å². The van der Waals surface area contributed by atoms with E-state index in [0.717, 1.165) is 71.3 Å². The zero-order valence-electron chi connectivity index (χ0n) is 15.4. The Balaban J connectivity index is 1.43. The molecule has 0 radical (unpaired) electrons. The molecule has 6 heteroatoms. The van der Waals surface area contributed by atoms with Crippen LogP contribution in [0, 0.1) is 5.92 Å². The molecule has 2 aliphatic heterocycles. The number of piperidine rings is 1. The molecule has 2 N–H and O–H groups in total. The van der Waals surface area contributed by atoms with Crippen molar-refractivity contribution in [1.82, 2.24) is 15.5 Å². The van der Waals surface area contributed by atoms with Crippen molar-refractivity contribution in [3.05, 3.63) is 0 Å². The van der Waals surface area contributed by atoms with E-state index in [4.69, 9.17) is 9.47 Å². The van der Waals surface area contributed by atoms with Gasteiger partial charge >= 0.3 is 0 Å². The molecule has 0 spiro atoms. The van der Waals surface area contributed by atoms with Crippen molar-refractivity contribution in [3.63, 3.8) is 0 Å². The van der Waals surface area contributed by atoms with Gasteiger partial charge in [-0.3, -0.25) is 4.99 Å². The monoisotopic (exact) mass is 340 g/mol. The number of hydrogen-bond donors (Lipinski definition) is 2. The molecule has 2 rings (SSSR count). The van der Waals surface area contributed by atoms with Gasteiger partial charge in [-0.15, -0.1) is 0 Å². The van der Waals surface area contributed by atoms with E-state index in [2.05, 4.69) is 20.5 Å². The van der Waals surface area contributed by atoms with Crippen LogP contribution in [0.2, 0.25) is 0 Å². The normalized spacial score (nSPS) is 21.0. The van der Waals surface area contributed by atoms with Crippen LogP contribution in [-0.4, -0.2) is 77.1 Å². The van der Waals surface area contributed by atoms with Crippen LogP contribution in [0.15, 0.2) is 4.99 Å². The molecular formula is C18H36N4O2. The molecule has 2 aliphatic rings. The number of nitrogens with one attached hydrogen (secondary N) is 2. The van der Waals surface area contributed by atoms with Crippen LogP contribution in [0.25, 0.3) is 0 Å². The third-order valence-corrected chi connectivity index (χ3v) is 4.85. The fraction of sp³-hybridized carbons (Fsp3) is 0.944. The molecule has 0 aliphatic carbocycles. The molecule has 0 amide bonds. The van der Waals surface area contributed by atoms with Crippen molar-refractivity contribution in [2.24, 2.45) is 10.9 Å². The number of guanidine groups is 1. The zero-order chi connectivity index (χ0) is 16.9. The van der Waals surface area contributed by atoms with Crippen molar-refractivity contribution in [2.45, 2.75) is 38.5 Å². The van der Waals surface area contributed by atoms with E-state index in [1.165, 1.54) is 32.4 Å². The quantitative estimate of drug-likeness (QED) is 0.378. The zero-order valence-corrected chi connectivity index (χ0v) is 15.4. The second kappa shape index (κ2) is 12.5. The highest BCUT2D eigenvalue weighted by Gasteiger charge is 2.13. The molecule has 2 heterocycles. The second-order valence-electron chi connectivity index (χ2n) is 6.81. The van der Waals surface area contributed by atoms with Crippen LogP contribution in [0.4, 0.5) is 0 Å². The molecule has 0 unspecified atom stereocenters. The van der Waals surface area contributed by atoms with Gasteiger partial charge in [0.05, 0.1) is 0 Å². The average Bonchev–Trinajstić information content (AvgIpc) is 2.64. The second-order valence-corrected chi connectivity index (χ2v) is 6.81. The highest BCUT2D eigenvalue weighted by molar-refractivity contribution is 5.79. The predicted octanol–water partition coefficient (Wildman–Crippen LogP) is 1.47. The molecule has 0 atom stereocenters. The molecular weight excluding hydrogens is 304 g/mol. The van der Waals surface area contributed by atoms with Gasteiger partial charge in [0.1, 0.15) is 0 Å². The van der Waals surface area contributed by atoms with Crippen molar-refractivity contribution in [3.8, 4) is 0 Å². The molecule has 6 nitrogen and oxygen atoms in total. The Morgan fingerprint density at radius 1 is 1.12 bits per heavy atom. The SMILES string of the molecule is CN=C(NCCCOCC1CCOCC1)NCCN1CCCCC1. The summed E-state index contributed by atoms with van der Waals surface area (Å²) in [5.74, 6) is 1.59. The topological polar surface area (TPSA) is 58.1 Å². The maximum atomic E-state index is 5.79. The van der Waals surface area contributed by atoms with Gasteiger partial charge in [0, 0.05) is 53.1 Å². The molecule has 0 aromatic rings. The fourth-order valence-corrected chi connectivity index (χ4v) is 3.28. The summed E-state index contributed by atoms with van der Waals surface area (Å²) >= 11 is 0. The number of aliphatic imine (C=N–C) groups is 1. The molecule has 2 fully saturated rings. The Bertz CT molecular complexity index is 340. The van der Waals surface area contributed by atoms with Gasteiger partial charge in [0.25, 0.3) is 0 Å². The summed E-state index contributed by atoms with van der Waals surface area (Å²) in [6, 6.07) is 0. The molecule has 24 heavy (non-hydrogen) atoms. The van der Waals surface area contributed by atoms with Crippen LogP contribution in [-0.2, 0) is 9.47 Å². The minimum Gasteiger partial charge on any atom is -0.381 e. The van der Waals surface area contributed by atoms with Gasteiger partial charge in [-0.2, -0.15) is 0 Å². The Kier molecular flexibility index (Phi) is 10.1. The molecule has 0 aromatic carbocycles. The first-order valence-electron chi connectivity index (χ1n) is 9.71. The first kappa shape index (κ1) is 19.5. The molecule has 0 saturated carbocycles. The standard InChI is InChI=1S/C18H36N4O2/c1-19-18(21-9-12-22-10-3-2-4-11-22)20-8-5-13-24-16-17-6-14-23-15-7-17/h17H,2-16H2,1H3,(H2,19,20,21). The third kappa shape index (κ3) is 8.31. The van der Waals surface area contributed by atoms with Gasteiger partial charge in [-0.05, 0) is 51.1 Å². The highest BCUT2D eigenvalue weighted by Crippen LogP contribution is 2.14. The van der Waals surface area contributed by atoms with Crippen LogP contribution in [0.3, 0.4) is 0 Å². The number of ether oxygens (including phenoxy) is 2. The smallest absolute Gasteiger partial charge is 0.191 e. The lowest BCUT2D eigenvalue weighted by molar-refractivity contribution is 0.0203. The third-order valence-electron chi connectivity index (χ3n) is 4.85. The Labute approximate surface area is 147 Å². The lowest BCUT2D eigenvalue weighted by atomic mass is 10.0. The molecule has 140 valence electrons. The number of nitrogens with zero attached hydrogens (tertiary/aromatic N) is 2. The lowest BCUT2D eigenvalue weighted by Gasteiger charge is -2.26. The minimum absolute atomic E-state index is 0.691. The highest BCUT2D eigenvalue weighted by atomic mass is 16.5. The maximum absolute atomic E-state index is 5.79. The van der Waals surface area contributed by atoms with Gasteiger partial charge < -0.3 is 25.0 Å². The molecule has 0 bridgehead atoms. The number of likely N-dealkylation sites (tertiary alicyclic amines) is 1. The average molecular weight is 341 g/mol. The Hall–Kier alpha value is -0.850.